The van der Waals surface area contributed by atoms with Crippen molar-refractivity contribution in [2.75, 3.05) is 13.2 Å². The third kappa shape index (κ3) is 3.50. The standard InChI is InChI=1S/C12H18FNO4S/c1-3-12(7-15,8-16)14-19(17,18)11-5-4-10(13)6-9(11)2/h4-6,14-16H,3,7-8H2,1-2H3. The second-order valence-electron chi connectivity index (χ2n) is 4.47. The van der Waals surface area contributed by atoms with E-state index in [-0.39, 0.29) is 16.9 Å². The lowest BCUT2D eigenvalue weighted by atomic mass is 10.0. The van der Waals surface area contributed by atoms with Crippen molar-refractivity contribution in [3.05, 3.63) is 29.6 Å². The molecule has 0 aliphatic rings. The average Bonchev–Trinajstić information content (AvgIpc) is 2.35. The molecule has 0 heterocycles. The van der Waals surface area contributed by atoms with Gasteiger partial charge < -0.3 is 10.2 Å². The highest BCUT2D eigenvalue weighted by atomic mass is 32.2. The van der Waals surface area contributed by atoms with Gasteiger partial charge in [0.05, 0.1) is 23.6 Å². The molecule has 108 valence electrons. The van der Waals surface area contributed by atoms with Crippen molar-refractivity contribution in [2.45, 2.75) is 30.7 Å². The Labute approximate surface area is 112 Å². The zero-order valence-corrected chi connectivity index (χ0v) is 11.7. The second kappa shape index (κ2) is 5.96. The first kappa shape index (κ1) is 16.0. The summed E-state index contributed by atoms with van der Waals surface area (Å²) in [5.41, 5.74) is -1.06. The van der Waals surface area contributed by atoms with Crippen LogP contribution in [0.2, 0.25) is 0 Å². The van der Waals surface area contributed by atoms with Crippen LogP contribution in [0.15, 0.2) is 23.1 Å². The molecule has 0 aromatic heterocycles. The highest BCUT2D eigenvalue weighted by Crippen LogP contribution is 2.19. The summed E-state index contributed by atoms with van der Waals surface area (Å²) >= 11 is 0. The Balaban J connectivity index is 3.17. The summed E-state index contributed by atoms with van der Waals surface area (Å²) in [6.07, 6.45) is 0.222. The van der Waals surface area contributed by atoms with Crippen molar-refractivity contribution in [1.82, 2.24) is 4.72 Å². The van der Waals surface area contributed by atoms with Gasteiger partial charge >= 0.3 is 0 Å². The summed E-state index contributed by atoms with van der Waals surface area (Å²) < 4.78 is 39.7. The van der Waals surface area contributed by atoms with Crippen molar-refractivity contribution in [3.63, 3.8) is 0 Å². The first-order chi connectivity index (χ1) is 8.80. The van der Waals surface area contributed by atoms with Gasteiger partial charge in [-0.2, -0.15) is 0 Å². The molecule has 1 rings (SSSR count). The van der Waals surface area contributed by atoms with Gasteiger partial charge in [-0.1, -0.05) is 6.92 Å². The first-order valence-electron chi connectivity index (χ1n) is 5.82. The number of benzene rings is 1. The van der Waals surface area contributed by atoms with Crippen LogP contribution in [0.3, 0.4) is 0 Å². The lowest BCUT2D eigenvalue weighted by Gasteiger charge is -2.29. The molecule has 0 saturated carbocycles. The molecule has 7 heteroatoms. The molecule has 0 radical (unpaired) electrons. The molecule has 0 spiro atoms. The van der Waals surface area contributed by atoms with Crippen LogP contribution >= 0.6 is 0 Å². The smallest absolute Gasteiger partial charge is 0.241 e. The largest absolute Gasteiger partial charge is 0.394 e. The molecular formula is C12H18FNO4S. The minimum atomic E-state index is -3.94. The Morgan fingerprint density at radius 3 is 2.32 bits per heavy atom. The zero-order valence-electron chi connectivity index (χ0n) is 10.9. The first-order valence-corrected chi connectivity index (χ1v) is 7.30. The number of halogens is 1. The molecule has 0 unspecified atom stereocenters. The summed E-state index contributed by atoms with van der Waals surface area (Å²) in [5.74, 6) is -0.525. The molecule has 1 aromatic rings. The molecular weight excluding hydrogens is 273 g/mol. The summed E-state index contributed by atoms with van der Waals surface area (Å²) in [5, 5.41) is 18.5. The molecule has 0 atom stereocenters. The maximum Gasteiger partial charge on any atom is 0.241 e. The summed E-state index contributed by atoms with van der Waals surface area (Å²) in [7, 11) is -3.94. The Hall–Kier alpha value is -1.02. The highest BCUT2D eigenvalue weighted by molar-refractivity contribution is 7.89. The molecule has 0 aliphatic heterocycles. The van der Waals surface area contributed by atoms with Crippen LogP contribution in [-0.4, -0.2) is 37.4 Å². The average molecular weight is 291 g/mol. The van der Waals surface area contributed by atoms with Gasteiger partial charge in [0.2, 0.25) is 10.0 Å². The lowest BCUT2D eigenvalue weighted by molar-refractivity contribution is 0.105. The Morgan fingerprint density at radius 2 is 1.89 bits per heavy atom. The molecule has 0 bridgehead atoms. The topological polar surface area (TPSA) is 86.6 Å². The quantitative estimate of drug-likeness (QED) is 0.714. The van der Waals surface area contributed by atoms with Crippen LogP contribution in [0.4, 0.5) is 4.39 Å². The van der Waals surface area contributed by atoms with Crippen molar-refractivity contribution >= 4 is 10.0 Å². The number of hydrogen-bond acceptors (Lipinski definition) is 4. The number of sulfonamides is 1. The van der Waals surface area contributed by atoms with Gasteiger partial charge in [-0.25, -0.2) is 17.5 Å². The van der Waals surface area contributed by atoms with Crippen molar-refractivity contribution in [3.8, 4) is 0 Å². The number of aryl methyl sites for hydroxylation is 1. The monoisotopic (exact) mass is 291 g/mol. The maximum atomic E-state index is 13.0. The van der Waals surface area contributed by atoms with Crippen LogP contribution < -0.4 is 4.72 Å². The van der Waals surface area contributed by atoms with Crippen LogP contribution in [0.25, 0.3) is 0 Å². The van der Waals surface area contributed by atoms with Crippen LogP contribution in [0.5, 0.6) is 0 Å². The second-order valence-corrected chi connectivity index (χ2v) is 6.12. The van der Waals surface area contributed by atoms with E-state index in [1.807, 2.05) is 0 Å². The molecule has 3 N–H and O–H groups in total. The van der Waals surface area contributed by atoms with E-state index in [0.717, 1.165) is 18.2 Å². The molecule has 5 nitrogen and oxygen atoms in total. The van der Waals surface area contributed by atoms with Crippen molar-refractivity contribution in [1.29, 1.82) is 0 Å². The highest BCUT2D eigenvalue weighted by Gasteiger charge is 2.33. The minimum Gasteiger partial charge on any atom is -0.394 e. The minimum absolute atomic E-state index is 0.0753. The fourth-order valence-corrected chi connectivity index (χ4v) is 3.35. The fraction of sp³-hybridized carbons (Fsp3) is 0.500. The Kier molecular flexibility index (Phi) is 5.03. The van der Waals surface area contributed by atoms with Gasteiger partial charge in [-0.15, -0.1) is 0 Å². The van der Waals surface area contributed by atoms with E-state index in [1.165, 1.54) is 6.92 Å². The molecule has 0 fully saturated rings. The molecule has 0 aliphatic carbocycles. The van der Waals surface area contributed by atoms with Gasteiger partial charge in [0, 0.05) is 0 Å². The van der Waals surface area contributed by atoms with Gasteiger partial charge in [-0.05, 0) is 37.1 Å². The molecule has 0 saturated heterocycles. The van der Waals surface area contributed by atoms with E-state index < -0.39 is 34.6 Å². The fourth-order valence-electron chi connectivity index (χ4n) is 1.66. The van der Waals surface area contributed by atoms with E-state index in [4.69, 9.17) is 0 Å². The van der Waals surface area contributed by atoms with Crippen molar-refractivity contribution in [2.24, 2.45) is 0 Å². The van der Waals surface area contributed by atoms with E-state index in [2.05, 4.69) is 4.72 Å². The van der Waals surface area contributed by atoms with E-state index in [1.54, 1.807) is 6.92 Å². The number of aliphatic hydroxyl groups is 2. The van der Waals surface area contributed by atoms with Gasteiger partial charge in [0.15, 0.2) is 0 Å². The Morgan fingerprint density at radius 1 is 1.32 bits per heavy atom. The SMILES string of the molecule is CCC(CO)(CO)NS(=O)(=O)c1ccc(F)cc1C. The number of rotatable bonds is 6. The van der Waals surface area contributed by atoms with E-state index in [0.29, 0.717) is 0 Å². The summed E-state index contributed by atoms with van der Waals surface area (Å²) in [6.45, 7) is 2.06. The Bertz CT molecular complexity index is 532. The molecule has 1 aromatic carbocycles. The normalized spacial score (nSPS) is 12.7. The summed E-state index contributed by atoms with van der Waals surface area (Å²) in [4.78, 5) is -0.0753. The van der Waals surface area contributed by atoms with E-state index in [9.17, 15) is 23.0 Å². The van der Waals surface area contributed by atoms with Gasteiger partial charge in [0.1, 0.15) is 5.82 Å². The van der Waals surface area contributed by atoms with Gasteiger partial charge in [0.25, 0.3) is 0 Å². The van der Waals surface area contributed by atoms with Crippen LogP contribution in [0, 0.1) is 12.7 Å². The predicted molar refractivity (Wildman–Crippen MR) is 68.7 cm³/mol. The molecule has 0 amide bonds. The lowest BCUT2D eigenvalue weighted by Crippen LogP contribution is -2.53. The number of hydrogen-bond donors (Lipinski definition) is 3. The van der Waals surface area contributed by atoms with E-state index >= 15 is 0 Å². The maximum absolute atomic E-state index is 13.0. The number of nitrogens with one attached hydrogen (secondary N) is 1. The van der Waals surface area contributed by atoms with Crippen LogP contribution in [-0.2, 0) is 10.0 Å². The zero-order chi connectivity index (χ0) is 14.7. The summed E-state index contributed by atoms with van der Waals surface area (Å²) in [6, 6.07) is 3.31. The third-order valence-corrected chi connectivity index (χ3v) is 4.80. The van der Waals surface area contributed by atoms with Gasteiger partial charge in [-0.3, -0.25) is 0 Å². The predicted octanol–water partition coefficient (Wildman–Crippen LogP) is 0.546. The third-order valence-electron chi connectivity index (χ3n) is 3.06. The van der Waals surface area contributed by atoms with Crippen LogP contribution in [0.1, 0.15) is 18.9 Å². The molecule has 19 heavy (non-hydrogen) atoms. The number of aliphatic hydroxyl groups excluding tert-OH is 2. The van der Waals surface area contributed by atoms with Crippen molar-refractivity contribution < 1.29 is 23.0 Å².